The van der Waals surface area contributed by atoms with Gasteiger partial charge in [-0.1, -0.05) is 31.5 Å². The second-order valence-electron chi connectivity index (χ2n) is 5.41. The van der Waals surface area contributed by atoms with Gasteiger partial charge in [-0.25, -0.2) is 22.7 Å². The summed E-state index contributed by atoms with van der Waals surface area (Å²) < 4.78 is 25.8. The number of urea groups is 1. The second-order valence-corrected chi connectivity index (χ2v) is 7.09. The molecular formula is C14H20N2O5S. The molecule has 1 aromatic carbocycles. The van der Waals surface area contributed by atoms with E-state index in [4.69, 9.17) is 5.11 Å². The van der Waals surface area contributed by atoms with E-state index in [1.54, 1.807) is 32.9 Å². The monoisotopic (exact) mass is 328 g/mol. The van der Waals surface area contributed by atoms with Crippen molar-refractivity contribution in [2.24, 2.45) is 5.92 Å². The molecule has 2 amide bonds. The summed E-state index contributed by atoms with van der Waals surface area (Å²) in [6, 6.07) is 3.74. The van der Waals surface area contributed by atoms with Gasteiger partial charge in [0.05, 0.1) is 4.90 Å². The van der Waals surface area contributed by atoms with Gasteiger partial charge in [-0.05, 0) is 31.4 Å². The Morgan fingerprint density at radius 2 is 1.73 bits per heavy atom. The molecule has 0 heterocycles. The van der Waals surface area contributed by atoms with Crippen LogP contribution >= 0.6 is 0 Å². The highest BCUT2D eigenvalue weighted by molar-refractivity contribution is 7.90. The molecule has 22 heavy (non-hydrogen) atoms. The van der Waals surface area contributed by atoms with Gasteiger partial charge in [0.1, 0.15) is 6.04 Å². The van der Waals surface area contributed by atoms with Crippen LogP contribution in [0.2, 0.25) is 0 Å². The molecule has 0 fully saturated rings. The number of carbonyl (C=O) groups is 2. The minimum atomic E-state index is -4.03. The average Bonchev–Trinajstić information content (AvgIpc) is 2.37. The Hall–Kier alpha value is -2.09. The minimum absolute atomic E-state index is 0.0371. The quantitative estimate of drug-likeness (QED) is 0.732. The first kappa shape index (κ1) is 18.0. The number of carboxylic acids is 1. The zero-order valence-electron chi connectivity index (χ0n) is 12.7. The second kappa shape index (κ2) is 7.26. The van der Waals surface area contributed by atoms with Crippen molar-refractivity contribution in [1.29, 1.82) is 0 Å². The number of hydrogen-bond acceptors (Lipinski definition) is 4. The molecule has 3 N–H and O–H groups in total. The maximum atomic E-state index is 12.0. The topological polar surface area (TPSA) is 113 Å². The standard InChI is InChI=1S/C14H20N2O5S/c1-9(2)8-12(13(17)18)15-14(19)16-22(20,21)11-6-4-10(3)5-7-11/h4-7,9,12H,8H2,1-3H3,(H,17,18)(H2,15,16,19). The normalized spacial score (nSPS) is 12.7. The van der Waals surface area contributed by atoms with Gasteiger partial charge in [-0.3, -0.25) is 0 Å². The molecule has 0 spiro atoms. The number of sulfonamides is 1. The lowest BCUT2D eigenvalue weighted by atomic mass is 10.0. The molecule has 122 valence electrons. The van der Waals surface area contributed by atoms with E-state index in [2.05, 4.69) is 5.32 Å². The van der Waals surface area contributed by atoms with Gasteiger partial charge in [-0.2, -0.15) is 0 Å². The highest BCUT2D eigenvalue weighted by Gasteiger charge is 2.24. The van der Waals surface area contributed by atoms with Gasteiger partial charge in [0.2, 0.25) is 0 Å². The number of amides is 2. The Morgan fingerprint density at radius 3 is 2.18 bits per heavy atom. The molecule has 0 radical (unpaired) electrons. The molecule has 1 rings (SSSR count). The Bertz CT molecular complexity index is 638. The first-order valence-corrected chi connectivity index (χ1v) is 8.23. The molecule has 0 aliphatic rings. The van der Waals surface area contributed by atoms with Crippen LogP contribution in [-0.4, -0.2) is 31.6 Å². The van der Waals surface area contributed by atoms with Crippen LogP contribution in [-0.2, 0) is 14.8 Å². The van der Waals surface area contributed by atoms with Crippen molar-refractivity contribution in [3.05, 3.63) is 29.8 Å². The third-order valence-electron chi connectivity index (χ3n) is 2.87. The van der Waals surface area contributed by atoms with Crippen molar-refractivity contribution >= 4 is 22.0 Å². The van der Waals surface area contributed by atoms with Gasteiger partial charge >= 0.3 is 12.0 Å². The van der Waals surface area contributed by atoms with Gasteiger partial charge in [0.15, 0.2) is 0 Å². The minimum Gasteiger partial charge on any atom is -0.480 e. The van der Waals surface area contributed by atoms with Gasteiger partial charge in [-0.15, -0.1) is 0 Å². The van der Waals surface area contributed by atoms with Crippen LogP contribution < -0.4 is 10.0 Å². The van der Waals surface area contributed by atoms with Gasteiger partial charge < -0.3 is 10.4 Å². The zero-order valence-corrected chi connectivity index (χ0v) is 13.5. The number of nitrogens with one attached hydrogen (secondary N) is 2. The van der Waals surface area contributed by atoms with Crippen LogP contribution in [0.1, 0.15) is 25.8 Å². The fourth-order valence-electron chi connectivity index (χ4n) is 1.78. The highest BCUT2D eigenvalue weighted by Crippen LogP contribution is 2.10. The molecule has 0 bridgehead atoms. The van der Waals surface area contributed by atoms with Crippen LogP contribution in [0.5, 0.6) is 0 Å². The summed E-state index contributed by atoms with van der Waals surface area (Å²) in [7, 11) is -4.03. The van der Waals surface area contributed by atoms with Crippen molar-refractivity contribution in [1.82, 2.24) is 10.0 Å². The molecule has 1 aromatic rings. The Labute approximate surface area is 129 Å². The fraction of sp³-hybridized carbons (Fsp3) is 0.429. The fourth-order valence-corrected chi connectivity index (χ4v) is 2.69. The zero-order chi connectivity index (χ0) is 16.9. The van der Waals surface area contributed by atoms with E-state index in [9.17, 15) is 18.0 Å². The Morgan fingerprint density at radius 1 is 1.18 bits per heavy atom. The summed E-state index contributed by atoms with van der Waals surface area (Å²) in [4.78, 5) is 22.7. The largest absolute Gasteiger partial charge is 0.480 e. The molecule has 0 aliphatic carbocycles. The summed E-state index contributed by atoms with van der Waals surface area (Å²) in [6.45, 7) is 5.41. The number of benzene rings is 1. The maximum Gasteiger partial charge on any atom is 0.329 e. The first-order valence-electron chi connectivity index (χ1n) is 6.74. The summed E-state index contributed by atoms with van der Waals surface area (Å²) in [5, 5.41) is 11.2. The summed E-state index contributed by atoms with van der Waals surface area (Å²) in [6.07, 6.45) is 0.202. The number of carboxylic acid groups (broad SMARTS) is 1. The number of aryl methyl sites for hydroxylation is 1. The molecule has 8 heteroatoms. The van der Waals surface area contributed by atoms with Crippen molar-refractivity contribution in [2.75, 3.05) is 0 Å². The van der Waals surface area contributed by atoms with E-state index >= 15 is 0 Å². The third-order valence-corrected chi connectivity index (χ3v) is 4.22. The smallest absolute Gasteiger partial charge is 0.329 e. The number of aliphatic carboxylic acids is 1. The Balaban J connectivity index is 2.78. The average molecular weight is 328 g/mol. The number of carbonyl (C=O) groups excluding carboxylic acids is 1. The van der Waals surface area contributed by atoms with Gasteiger partial charge in [0.25, 0.3) is 10.0 Å². The van der Waals surface area contributed by atoms with Crippen LogP contribution in [0, 0.1) is 12.8 Å². The molecule has 0 saturated heterocycles. The van der Waals surface area contributed by atoms with Crippen LogP contribution in [0.25, 0.3) is 0 Å². The molecule has 0 saturated carbocycles. The van der Waals surface area contributed by atoms with Crippen LogP contribution in [0.4, 0.5) is 4.79 Å². The predicted molar refractivity (Wildman–Crippen MR) is 80.9 cm³/mol. The Kier molecular flexibility index (Phi) is 5.92. The van der Waals surface area contributed by atoms with Crippen molar-refractivity contribution in [2.45, 2.75) is 38.1 Å². The molecule has 0 aromatic heterocycles. The highest BCUT2D eigenvalue weighted by atomic mass is 32.2. The molecule has 7 nitrogen and oxygen atoms in total. The van der Waals surface area contributed by atoms with Crippen LogP contribution in [0.15, 0.2) is 29.2 Å². The lowest BCUT2D eigenvalue weighted by Crippen LogP contribution is -2.48. The molecule has 1 atom stereocenters. The summed E-state index contributed by atoms with van der Waals surface area (Å²) >= 11 is 0. The van der Waals surface area contributed by atoms with E-state index in [1.165, 1.54) is 12.1 Å². The molecule has 1 unspecified atom stereocenters. The van der Waals surface area contributed by atoms with E-state index in [1.807, 2.05) is 4.72 Å². The maximum absolute atomic E-state index is 12.0. The summed E-state index contributed by atoms with van der Waals surface area (Å²) in [5.74, 6) is -1.17. The third kappa shape index (κ3) is 5.36. The van der Waals surface area contributed by atoms with E-state index in [-0.39, 0.29) is 17.2 Å². The van der Waals surface area contributed by atoms with Crippen molar-refractivity contribution < 1.29 is 23.1 Å². The van der Waals surface area contributed by atoms with Gasteiger partial charge in [0, 0.05) is 0 Å². The number of hydrogen-bond donors (Lipinski definition) is 3. The van der Waals surface area contributed by atoms with E-state index in [0.717, 1.165) is 5.56 Å². The lowest BCUT2D eigenvalue weighted by Gasteiger charge is -2.17. The van der Waals surface area contributed by atoms with E-state index < -0.39 is 28.1 Å². The molecular weight excluding hydrogens is 308 g/mol. The van der Waals surface area contributed by atoms with Crippen LogP contribution in [0.3, 0.4) is 0 Å². The SMILES string of the molecule is Cc1ccc(S(=O)(=O)NC(=O)NC(CC(C)C)C(=O)O)cc1. The first-order chi connectivity index (χ1) is 10.1. The lowest BCUT2D eigenvalue weighted by molar-refractivity contribution is -0.139. The molecule has 0 aliphatic heterocycles. The predicted octanol–water partition coefficient (Wildman–Crippen LogP) is 1.48. The van der Waals surface area contributed by atoms with Crippen molar-refractivity contribution in [3.63, 3.8) is 0 Å². The van der Waals surface area contributed by atoms with E-state index in [0.29, 0.717) is 0 Å². The summed E-state index contributed by atoms with van der Waals surface area (Å²) in [5.41, 5.74) is 0.881. The van der Waals surface area contributed by atoms with Crippen molar-refractivity contribution in [3.8, 4) is 0 Å². The number of rotatable bonds is 6.